The third-order valence-corrected chi connectivity index (χ3v) is 6.66. The Bertz CT molecular complexity index is 941. The van der Waals surface area contributed by atoms with Gasteiger partial charge in [0.15, 0.2) is 15.3 Å². The summed E-state index contributed by atoms with van der Waals surface area (Å²) in [6.45, 7) is 0.528. The number of thioether (sulfide) groups is 1. The maximum absolute atomic E-state index is 12.9. The molecule has 0 spiro atoms. The van der Waals surface area contributed by atoms with Crippen LogP contribution in [0.1, 0.15) is 17.3 Å². The Morgan fingerprint density at radius 2 is 2.17 bits per heavy atom. The van der Waals surface area contributed by atoms with E-state index in [1.54, 1.807) is 22.8 Å². The summed E-state index contributed by atoms with van der Waals surface area (Å²) in [6.07, 6.45) is 2.18. The van der Waals surface area contributed by atoms with Crippen LogP contribution in [-0.2, 0) is 16.6 Å². The van der Waals surface area contributed by atoms with Gasteiger partial charge in [0.25, 0.3) is 10.0 Å². The maximum atomic E-state index is 12.9. The fourth-order valence-corrected chi connectivity index (χ4v) is 5.72. The molecule has 1 atom stereocenters. The van der Waals surface area contributed by atoms with Crippen molar-refractivity contribution in [2.45, 2.75) is 22.9 Å². The van der Waals surface area contributed by atoms with Gasteiger partial charge in [-0.1, -0.05) is 47.6 Å². The van der Waals surface area contributed by atoms with E-state index in [1.807, 2.05) is 12.1 Å². The minimum absolute atomic E-state index is 0.0613. The highest BCUT2D eigenvalue weighted by Crippen LogP contribution is 2.34. The molecule has 0 bridgehead atoms. The largest absolute Gasteiger partial charge is 0.307 e. The highest BCUT2D eigenvalue weighted by molar-refractivity contribution is 7.99. The Balaban J connectivity index is 1.74. The zero-order valence-electron chi connectivity index (χ0n) is 12.3. The first-order valence-corrected chi connectivity index (χ1v) is 9.97. The lowest BCUT2D eigenvalue weighted by Crippen LogP contribution is -2.39. The Hall–Kier alpha value is -1.52. The van der Waals surface area contributed by atoms with Crippen LogP contribution in [-0.4, -0.2) is 34.0 Å². The normalized spacial score (nSPS) is 19.4. The third kappa shape index (κ3) is 2.52. The standard InChI is InChI=1S/C14H13ClN4O3S2/c15-11-13(18-7-8-23-14(18)16-11)24(21,22)17-12-10-4-2-1-3-9(10)5-6-19(12)20/h1-6,12,17,20H,7-8H2. The lowest BCUT2D eigenvalue weighted by Gasteiger charge is -2.30. The van der Waals surface area contributed by atoms with Gasteiger partial charge in [0.05, 0.1) is 0 Å². The Morgan fingerprint density at radius 1 is 1.38 bits per heavy atom. The van der Waals surface area contributed by atoms with E-state index < -0.39 is 16.2 Å². The monoisotopic (exact) mass is 384 g/mol. The predicted molar refractivity (Wildman–Crippen MR) is 90.1 cm³/mol. The third-order valence-electron chi connectivity index (χ3n) is 3.88. The van der Waals surface area contributed by atoms with Crippen LogP contribution in [0.3, 0.4) is 0 Å². The number of sulfonamides is 1. The second-order valence-electron chi connectivity index (χ2n) is 5.34. The molecule has 1 aromatic carbocycles. The van der Waals surface area contributed by atoms with E-state index in [1.165, 1.54) is 18.0 Å². The zero-order valence-corrected chi connectivity index (χ0v) is 14.6. The van der Waals surface area contributed by atoms with E-state index in [4.69, 9.17) is 11.6 Å². The summed E-state index contributed by atoms with van der Waals surface area (Å²) in [6, 6.07) is 7.24. The van der Waals surface area contributed by atoms with E-state index >= 15 is 0 Å². The number of aromatic nitrogens is 2. The molecule has 0 saturated heterocycles. The van der Waals surface area contributed by atoms with Gasteiger partial charge in [-0.05, 0) is 17.2 Å². The summed E-state index contributed by atoms with van der Waals surface area (Å²) in [5.41, 5.74) is 1.48. The van der Waals surface area contributed by atoms with E-state index in [9.17, 15) is 13.6 Å². The van der Waals surface area contributed by atoms with Crippen molar-refractivity contribution < 1.29 is 13.6 Å². The number of imidazole rings is 1. The van der Waals surface area contributed by atoms with Gasteiger partial charge in [0, 0.05) is 18.5 Å². The number of fused-ring (bicyclic) bond motifs is 2. The van der Waals surface area contributed by atoms with E-state index in [-0.39, 0.29) is 10.2 Å². The summed E-state index contributed by atoms with van der Waals surface area (Å²) in [4.78, 5) is 4.10. The Labute approximate surface area is 147 Å². The summed E-state index contributed by atoms with van der Waals surface area (Å²) in [5, 5.41) is 11.4. The molecule has 0 aliphatic carbocycles. The Morgan fingerprint density at radius 3 is 3.00 bits per heavy atom. The van der Waals surface area contributed by atoms with E-state index in [2.05, 4.69) is 9.71 Å². The van der Waals surface area contributed by atoms with E-state index in [0.29, 0.717) is 17.3 Å². The van der Waals surface area contributed by atoms with Crippen molar-refractivity contribution in [1.29, 1.82) is 0 Å². The molecule has 2 aliphatic rings. The maximum Gasteiger partial charge on any atom is 0.261 e. The summed E-state index contributed by atoms with van der Waals surface area (Å²) in [7, 11) is -3.98. The number of nitrogens with zero attached hydrogens (tertiary/aromatic N) is 3. The quantitative estimate of drug-likeness (QED) is 0.844. The SMILES string of the molecule is O=S(=O)(NC1c2ccccc2C=CN1O)c1c(Cl)nc2n1CCS2. The molecule has 2 aliphatic heterocycles. The minimum Gasteiger partial charge on any atom is -0.307 e. The molecular weight excluding hydrogens is 372 g/mol. The van der Waals surface area contributed by atoms with Gasteiger partial charge in [-0.3, -0.25) is 5.21 Å². The van der Waals surface area contributed by atoms with Crippen molar-refractivity contribution in [3.8, 4) is 0 Å². The topological polar surface area (TPSA) is 87.5 Å². The van der Waals surface area contributed by atoms with Gasteiger partial charge in [0.2, 0.25) is 0 Å². The van der Waals surface area contributed by atoms with Crippen LogP contribution in [0.25, 0.3) is 6.08 Å². The van der Waals surface area contributed by atoms with Crippen LogP contribution in [0, 0.1) is 0 Å². The molecule has 0 amide bonds. The molecule has 1 aromatic heterocycles. The van der Waals surface area contributed by atoms with Crippen molar-refractivity contribution in [3.63, 3.8) is 0 Å². The van der Waals surface area contributed by atoms with Crippen LogP contribution in [0.5, 0.6) is 0 Å². The molecular formula is C14H13ClN4O3S2. The highest BCUT2D eigenvalue weighted by atomic mass is 35.5. The number of hydroxylamine groups is 2. The smallest absolute Gasteiger partial charge is 0.261 e. The fourth-order valence-electron chi connectivity index (χ4n) is 2.80. The summed E-state index contributed by atoms with van der Waals surface area (Å²) < 4.78 is 29.8. The van der Waals surface area contributed by atoms with Crippen molar-refractivity contribution in [1.82, 2.24) is 19.3 Å². The molecule has 1 unspecified atom stereocenters. The van der Waals surface area contributed by atoms with Gasteiger partial charge in [0.1, 0.15) is 6.17 Å². The van der Waals surface area contributed by atoms with Crippen molar-refractivity contribution in [3.05, 3.63) is 46.7 Å². The van der Waals surface area contributed by atoms with Crippen molar-refractivity contribution in [2.75, 3.05) is 5.75 Å². The number of benzene rings is 1. The second kappa shape index (κ2) is 5.78. The van der Waals surface area contributed by atoms with Crippen LogP contribution < -0.4 is 4.72 Å². The first kappa shape index (κ1) is 16.0. The lowest BCUT2D eigenvalue weighted by atomic mass is 10.0. The lowest BCUT2D eigenvalue weighted by molar-refractivity contribution is -0.0851. The van der Waals surface area contributed by atoms with Crippen LogP contribution in [0.4, 0.5) is 0 Å². The van der Waals surface area contributed by atoms with Crippen LogP contribution in [0.2, 0.25) is 5.15 Å². The highest BCUT2D eigenvalue weighted by Gasteiger charge is 2.34. The molecule has 7 nitrogen and oxygen atoms in total. The van der Waals surface area contributed by atoms with Crippen molar-refractivity contribution >= 4 is 39.5 Å². The molecule has 126 valence electrons. The van der Waals surface area contributed by atoms with Gasteiger partial charge >= 0.3 is 0 Å². The molecule has 2 aromatic rings. The average molecular weight is 385 g/mol. The molecule has 0 saturated carbocycles. The molecule has 10 heteroatoms. The van der Waals surface area contributed by atoms with Gasteiger partial charge in [-0.15, -0.1) is 0 Å². The van der Waals surface area contributed by atoms with Crippen LogP contribution >= 0.6 is 23.4 Å². The summed E-state index contributed by atoms with van der Waals surface area (Å²) >= 11 is 7.51. The molecule has 0 fully saturated rings. The number of nitrogens with one attached hydrogen (secondary N) is 1. The minimum atomic E-state index is -3.98. The average Bonchev–Trinajstić information content (AvgIpc) is 3.09. The first-order chi connectivity index (χ1) is 11.5. The number of hydrogen-bond acceptors (Lipinski definition) is 6. The predicted octanol–water partition coefficient (Wildman–Crippen LogP) is 2.29. The second-order valence-corrected chi connectivity index (χ2v) is 8.39. The van der Waals surface area contributed by atoms with Gasteiger partial charge in [-0.25, -0.2) is 18.5 Å². The Kier molecular flexibility index (Phi) is 3.85. The number of hydrogen-bond donors (Lipinski definition) is 2. The molecule has 24 heavy (non-hydrogen) atoms. The zero-order chi connectivity index (χ0) is 16.9. The van der Waals surface area contributed by atoms with Gasteiger partial charge < -0.3 is 4.57 Å². The molecule has 2 N–H and O–H groups in total. The van der Waals surface area contributed by atoms with Crippen molar-refractivity contribution in [2.24, 2.45) is 0 Å². The first-order valence-electron chi connectivity index (χ1n) is 7.13. The van der Waals surface area contributed by atoms with Gasteiger partial charge in [-0.2, -0.15) is 4.72 Å². The molecule has 0 radical (unpaired) electrons. The molecule has 3 heterocycles. The molecule has 4 rings (SSSR count). The van der Waals surface area contributed by atoms with Crippen LogP contribution in [0.15, 0.2) is 40.6 Å². The number of rotatable bonds is 3. The fraction of sp³-hybridized carbons (Fsp3) is 0.214. The summed E-state index contributed by atoms with van der Waals surface area (Å²) in [5.74, 6) is 0.753. The number of halogens is 1. The van der Waals surface area contributed by atoms with E-state index in [0.717, 1.165) is 16.4 Å².